The van der Waals surface area contributed by atoms with Crippen LogP contribution in [-0.2, 0) is 0 Å². The molecule has 1 aromatic carbocycles. The van der Waals surface area contributed by atoms with Crippen molar-refractivity contribution < 1.29 is 14.9 Å². The lowest BCUT2D eigenvalue weighted by Gasteiger charge is -2.37. The van der Waals surface area contributed by atoms with Crippen LogP contribution < -0.4 is 4.74 Å². The first kappa shape index (κ1) is 14.9. The monoisotopic (exact) mass is 305 g/mol. The first-order valence-corrected chi connectivity index (χ1v) is 6.98. The third kappa shape index (κ3) is 2.98. The molecular weight excluding hydrogens is 289 g/mol. The summed E-state index contributed by atoms with van der Waals surface area (Å²) in [6, 6.07) is 3.06. The molecule has 0 aromatic heterocycles. The van der Waals surface area contributed by atoms with Gasteiger partial charge in [-0.2, -0.15) is 0 Å². The highest BCUT2D eigenvalue weighted by Crippen LogP contribution is 2.41. The van der Waals surface area contributed by atoms with Crippen LogP contribution in [0, 0.1) is 0 Å². The van der Waals surface area contributed by atoms with E-state index in [0.29, 0.717) is 34.5 Å². The second-order valence-electron chi connectivity index (χ2n) is 4.48. The Morgan fingerprint density at radius 1 is 1.42 bits per heavy atom. The molecule has 0 spiro atoms. The molecule has 2 atom stereocenters. The van der Waals surface area contributed by atoms with Crippen LogP contribution in [0.5, 0.6) is 5.75 Å². The molecular formula is C13H17Cl2NO3. The Morgan fingerprint density at radius 3 is 2.79 bits per heavy atom. The number of aliphatic hydroxyl groups excluding tert-OH is 2. The fourth-order valence-corrected chi connectivity index (χ4v) is 2.98. The maximum absolute atomic E-state index is 10.5. The predicted octanol–water partition coefficient (Wildman–Crippen LogP) is 2.10. The molecule has 1 aliphatic heterocycles. The third-order valence-corrected chi connectivity index (χ3v) is 3.88. The lowest BCUT2D eigenvalue weighted by molar-refractivity contribution is -0.000307. The lowest BCUT2D eigenvalue weighted by Crippen LogP contribution is -2.47. The minimum Gasteiger partial charge on any atom is -0.490 e. The molecule has 19 heavy (non-hydrogen) atoms. The molecule has 0 bridgehead atoms. The molecule has 2 N–H and O–H groups in total. The zero-order chi connectivity index (χ0) is 14.0. The summed E-state index contributed by atoms with van der Waals surface area (Å²) in [5, 5.41) is 20.4. The molecule has 1 heterocycles. The van der Waals surface area contributed by atoms with Crippen LogP contribution in [0.3, 0.4) is 0 Å². The molecule has 0 saturated heterocycles. The fraction of sp³-hybridized carbons (Fsp3) is 0.538. The van der Waals surface area contributed by atoms with Gasteiger partial charge in [-0.1, -0.05) is 30.1 Å². The Labute approximate surface area is 122 Å². The van der Waals surface area contributed by atoms with Crippen LogP contribution in [0.1, 0.15) is 18.6 Å². The average Bonchev–Trinajstić information content (AvgIpc) is 2.38. The van der Waals surface area contributed by atoms with Gasteiger partial charge in [0.1, 0.15) is 18.5 Å². The fourth-order valence-electron chi connectivity index (χ4n) is 2.41. The summed E-state index contributed by atoms with van der Waals surface area (Å²) in [5.74, 6) is 0.495. The summed E-state index contributed by atoms with van der Waals surface area (Å²) >= 11 is 12.0. The number of rotatable bonds is 4. The van der Waals surface area contributed by atoms with Crippen LogP contribution in [0.15, 0.2) is 12.1 Å². The van der Waals surface area contributed by atoms with Crippen molar-refractivity contribution in [1.82, 2.24) is 4.90 Å². The molecule has 0 fully saturated rings. The number of halogens is 2. The summed E-state index contributed by atoms with van der Waals surface area (Å²) in [6.07, 6.45) is -0.730. The lowest BCUT2D eigenvalue weighted by atomic mass is 9.98. The minimum absolute atomic E-state index is 0.0419. The summed E-state index contributed by atoms with van der Waals surface area (Å²) in [5.41, 5.74) is 0.602. The van der Waals surface area contributed by atoms with E-state index < -0.39 is 6.10 Å². The molecule has 106 valence electrons. The van der Waals surface area contributed by atoms with Gasteiger partial charge in [0.2, 0.25) is 0 Å². The van der Waals surface area contributed by atoms with Gasteiger partial charge >= 0.3 is 0 Å². The van der Waals surface area contributed by atoms with E-state index in [1.807, 2.05) is 11.8 Å². The highest BCUT2D eigenvalue weighted by Gasteiger charge is 2.34. The van der Waals surface area contributed by atoms with E-state index in [1.165, 1.54) is 0 Å². The van der Waals surface area contributed by atoms with E-state index in [9.17, 15) is 5.11 Å². The molecule has 0 amide bonds. The largest absolute Gasteiger partial charge is 0.490 e. The quantitative estimate of drug-likeness (QED) is 0.894. The van der Waals surface area contributed by atoms with Crippen molar-refractivity contribution in [3.8, 4) is 5.75 Å². The van der Waals surface area contributed by atoms with Crippen LogP contribution in [0.25, 0.3) is 0 Å². The topological polar surface area (TPSA) is 52.9 Å². The van der Waals surface area contributed by atoms with Gasteiger partial charge in [-0.05, 0) is 18.7 Å². The standard InChI is InChI=1S/C13H17Cl2NO3/c1-2-16(3-4-17)11-7-19-13-9(12(11)18)5-8(14)6-10(13)15/h5-6,11-12,17-18H,2-4,7H2,1H3. The average molecular weight is 306 g/mol. The summed E-state index contributed by atoms with van der Waals surface area (Å²) in [6.45, 7) is 3.56. The molecule has 1 aliphatic rings. The third-order valence-electron chi connectivity index (χ3n) is 3.38. The van der Waals surface area contributed by atoms with Crippen molar-refractivity contribution in [2.45, 2.75) is 19.1 Å². The normalized spacial score (nSPS) is 22.2. The maximum atomic E-state index is 10.5. The number of likely N-dealkylation sites (N-methyl/N-ethyl adjacent to an activating group) is 1. The summed E-state index contributed by atoms with van der Waals surface area (Å²) in [7, 11) is 0. The van der Waals surface area contributed by atoms with Gasteiger partial charge in [-0.3, -0.25) is 4.90 Å². The molecule has 0 saturated carbocycles. The van der Waals surface area contributed by atoms with Crippen molar-refractivity contribution in [3.05, 3.63) is 27.7 Å². The molecule has 2 unspecified atom stereocenters. The van der Waals surface area contributed by atoms with E-state index in [4.69, 9.17) is 33.0 Å². The SMILES string of the molecule is CCN(CCO)C1COc2c(Cl)cc(Cl)cc2C1O. The number of fused-ring (bicyclic) bond motifs is 1. The van der Waals surface area contributed by atoms with Crippen LogP contribution in [0.4, 0.5) is 0 Å². The Morgan fingerprint density at radius 2 is 2.16 bits per heavy atom. The van der Waals surface area contributed by atoms with E-state index in [0.717, 1.165) is 6.54 Å². The molecule has 0 radical (unpaired) electrons. The van der Waals surface area contributed by atoms with Gasteiger partial charge in [-0.15, -0.1) is 0 Å². The Balaban J connectivity index is 2.30. The van der Waals surface area contributed by atoms with Crippen molar-refractivity contribution in [3.63, 3.8) is 0 Å². The van der Waals surface area contributed by atoms with Crippen LogP contribution >= 0.6 is 23.2 Å². The number of aliphatic hydroxyl groups is 2. The van der Waals surface area contributed by atoms with Gasteiger partial charge in [0.25, 0.3) is 0 Å². The van der Waals surface area contributed by atoms with Crippen molar-refractivity contribution >= 4 is 23.2 Å². The first-order valence-electron chi connectivity index (χ1n) is 6.23. The number of nitrogens with zero attached hydrogens (tertiary/aromatic N) is 1. The van der Waals surface area contributed by atoms with E-state index in [-0.39, 0.29) is 12.6 Å². The number of hydrogen-bond acceptors (Lipinski definition) is 4. The number of benzene rings is 1. The van der Waals surface area contributed by atoms with Gasteiger partial charge < -0.3 is 14.9 Å². The molecule has 0 aliphatic carbocycles. The zero-order valence-corrected chi connectivity index (χ0v) is 12.2. The minimum atomic E-state index is -0.730. The van der Waals surface area contributed by atoms with Gasteiger partial charge in [0, 0.05) is 17.1 Å². The van der Waals surface area contributed by atoms with Crippen molar-refractivity contribution in [2.75, 3.05) is 26.3 Å². The van der Waals surface area contributed by atoms with Crippen molar-refractivity contribution in [1.29, 1.82) is 0 Å². The van der Waals surface area contributed by atoms with Gasteiger partial charge in [0.15, 0.2) is 0 Å². The highest BCUT2D eigenvalue weighted by atomic mass is 35.5. The molecule has 2 rings (SSSR count). The first-order chi connectivity index (χ1) is 9.08. The Kier molecular flexibility index (Phi) is 4.92. The smallest absolute Gasteiger partial charge is 0.143 e. The summed E-state index contributed by atoms with van der Waals surface area (Å²) in [4.78, 5) is 1.97. The van der Waals surface area contributed by atoms with Crippen LogP contribution in [0.2, 0.25) is 10.0 Å². The Hall–Kier alpha value is -0.520. The molecule has 4 nitrogen and oxygen atoms in total. The highest BCUT2D eigenvalue weighted by molar-refractivity contribution is 6.35. The van der Waals surface area contributed by atoms with E-state index in [2.05, 4.69) is 0 Å². The van der Waals surface area contributed by atoms with Gasteiger partial charge in [-0.25, -0.2) is 0 Å². The predicted molar refractivity (Wildman–Crippen MR) is 75.0 cm³/mol. The maximum Gasteiger partial charge on any atom is 0.143 e. The van der Waals surface area contributed by atoms with E-state index >= 15 is 0 Å². The Bertz CT molecular complexity index is 456. The van der Waals surface area contributed by atoms with Crippen molar-refractivity contribution in [2.24, 2.45) is 0 Å². The molecule has 6 heteroatoms. The second kappa shape index (κ2) is 6.29. The summed E-state index contributed by atoms with van der Waals surface area (Å²) < 4.78 is 5.65. The number of ether oxygens (including phenoxy) is 1. The molecule has 1 aromatic rings. The zero-order valence-electron chi connectivity index (χ0n) is 10.6. The number of hydrogen-bond donors (Lipinski definition) is 2. The second-order valence-corrected chi connectivity index (χ2v) is 5.32. The van der Waals surface area contributed by atoms with Gasteiger partial charge in [0.05, 0.1) is 17.7 Å². The van der Waals surface area contributed by atoms with Crippen LogP contribution in [-0.4, -0.2) is 47.5 Å². The van der Waals surface area contributed by atoms with E-state index in [1.54, 1.807) is 12.1 Å².